The molecule has 3 nitrogen and oxygen atoms in total. The van der Waals surface area contributed by atoms with Gasteiger partial charge in [0.15, 0.2) is 0 Å². The molecule has 1 aliphatic rings. The van der Waals surface area contributed by atoms with Crippen LogP contribution in [0.5, 0.6) is 0 Å². The topological polar surface area (TPSA) is 50.7 Å². The fourth-order valence-electron chi connectivity index (χ4n) is 0.402. The van der Waals surface area contributed by atoms with Gasteiger partial charge < -0.3 is 5.73 Å². The van der Waals surface area contributed by atoms with Crippen LogP contribution in [0.25, 0.3) is 0 Å². The van der Waals surface area contributed by atoms with Crippen molar-refractivity contribution in [2.45, 2.75) is 6.42 Å². The number of rotatable bonds is 2. The second-order valence-corrected chi connectivity index (χ2v) is 1.37. The van der Waals surface area contributed by atoms with Gasteiger partial charge >= 0.3 is 0 Å². The molecule has 2 N–H and O–H groups in total. The van der Waals surface area contributed by atoms with Gasteiger partial charge in [-0.1, -0.05) is 0 Å². The molecule has 7 heavy (non-hydrogen) atoms. The molecule has 0 aliphatic carbocycles. The zero-order chi connectivity index (χ0) is 5.11. The number of nitrogens with two attached hydrogens (primary N) is 1. The fraction of sp³-hybridized carbons (Fsp3) is 0.500. The smallest absolute Gasteiger partial charge is 0.0844 e. The number of hydrogen-bond donors (Lipinski definition) is 1. The Morgan fingerprint density at radius 3 is 2.57 bits per heavy atom. The molecule has 1 rings (SSSR count). The Morgan fingerprint density at radius 1 is 1.71 bits per heavy atom. The van der Waals surface area contributed by atoms with Crippen molar-refractivity contribution in [2.24, 2.45) is 16.0 Å². The van der Waals surface area contributed by atoms with Crippen LogP contribution < -0.4 is 5.73 Å². The van der Waals surface area contributed by atoms with Crippen LogP contribution >= 0.6 is 0 Å². The quantitative estimate of drug-likeness (QED) is 0.540. The van der Waals surface area contributed by atoms with E-state index in [0.717, 1.165) is 12.1 Å². The lowest BCUT2D eigenvalue weighted by atomic mass is 10.3. The molecule has 0 spiro atoms. The molecule has 38 valence electrons. The van der Waals surface area contributed by atoms with Crippen molar-refractivity contribution >= 4 is 0 Å². The van der Waals surface area contributed by atoms with E-state index in [4.69, 9.17) is 5.73 Å². The summed E-state index contributed by atoms with van der Waals surface area (Å²) in [7, 11) is 0. The second kappa shape index (κ2) is 1.84. The van der Waals surface area contributed by atoms with Gasteiger partial charge in [-0.3, -0.25) is 0 Å². The summed E-state index contributed by atoms with van der Waals surface area (Å²) < 4.78 is 0. The minimum atomic E-state index is 0.671. The average Bonchev–Trinajstić information content (AvgIpc) is 1.55. The van der Waals surface area contributed by atoms with Crippen molar-refractivity contribution in [3.63, 3.8) is 0 Å². The highest BCUT2D eigenvalue weighted by atomic mass is 15.2. The van der Waals surface area contributed by atoms with Crippen LogP contribution in [0.4, 0.5) is 0 Å². The van der Waals surface area contributed by atoms with Gasteiger partial charge in [-0.15, -0.1) is 0 Å². The summed E-state index contributed by atoms with van der Waals surface area (Å²) in [6, 6.07) is 0. The molecule has 0 aromatic heterocycles. The van der Waals surface area contributed by atoms with E-state index in [9.17, 15) is 0 Å². The van der Waals surface area contributed by atoms with E-state index in [1.807, 2.05) is 0 Å². The van der Waals surface area contributed by atoms with Gasteiger partial charge in [0.2, 0.25) is 0 Å². The van der Waals surface area contributed by atoms with Crippen molar-refractivity contribution in [1.82, 2.24) is 0 Å². The maximum atomic E-state index is 5.20. The molecule has 0 bridgehead atoms. The van der Waals surface area contributed by atoms with E-state index in [-0.39, 0.29) is 0 Å². The number of nitrogens with zero attached hydrogens (tertiary/aromatic N) is 2. The van der Waals surface area contributed by atoms with Gasteiger partial charge in [0.1, 0.15) is 0 Å². The van der Waals surface area contributed by atoms with Crippen LogP contribution in [-0.2, 0) is 0 Å². The lowest BCUT2D eigenvalue weighted by molar-refractivity contribution is 0.858. The summed E-state index contributed by atoms with van der Waals surface area (Å²) in [5.41, 5.74) is 6.21. The Bertz CT molecular complexity index is 114. The summed E-state index contributed by atoms with van der Waals surface area (Å²) >= 11 is 0. The molecule has 3 heteroatoms. The van der Waals surface area contributed by atoms with E-state index in [1.54, 1.807) is 6.20 Å². The summed E-state index contributed by atoms with van der Waals surface area (Å²) in [6.45, 7) is 0.671. The van der Waals surface area contributed by atoms with E-state index < -0.39 is 0 Å². The Kier molecular flexibility index (Phi) is 1.17. The summed E-state index contributed by atoms with van der Waals surface area (Å²) in [4.78, 5) is 0. The molecule has 0 radical (unpaired) electrons. The molecule has 0 saturated heterocycles. The van der Waals surface area contributed by atoms with Crippen LogP contribution in [0.2, 0.25) is 0 Å². The zero-order valence-corrected chi connectivity index (χ0v) is 3.96. The zero-order valence-electron chi connectivity index (χ0n) is 3.96. The van der Waals surface area contributed by atoms with Crippen LogP contribution in [0.3, 0.4) is 0 Å². The standard InChI is InChI=1S/C4H7N3/c5-2-1-4-3-6-7-4/h3H,1-2,5H2. The van der Waals surface area contributed by atoms with Gasteiger partial charge in [0, 0.05) is 6.42 Å². The normalized spacial score (nSPS) is 15.9. The van der Waals surface area contributed by atoms with E-state index in [2.05, 4.69) is 10.2 Å². The van der Waals surface area contributed by atoms with Gasteiger partial charge in [-0.05, 0) is 6.54 Å². The molecule has 0 unspecified atom stereocenters. The van der Waals surface area contributed by atoms with Gasteiger partial charge in [-0.2, -0.15) is 10.2 Å². The lowest BCUT2D eigenvalue weighted by Gasteiger charge is -1.99. The first kappa shape index (κ1) is 4.46. The van der Waals surface area contributed by atoms with Gasteiger partial charge in [-0.25, -0.2) is 0 Å². The molecule has 1 aliphatic heterocycles. The summed E-state index contributed by atoms with van der Waals surface area (Å²) in [5.74, 6) is 0. The summed E-state index contributed by atoms with van der Waals surface area (Å²) in [6.07, 6.45) is 2.59. The van der Waals surface area contributed by atoms with Crippen LogP contribution in [-0.4, -0.2) is 6.54 Å². The summed E-state index contributed by atoms with van der Waals surface area (Å²) in [5, 5.41) is 7.19. The third-order valence-electron chi connectivity index (χ3n) is 0.793. The number of azo groups is 1. The number of hydrogen-bond acceptors (Lipinski definition) is 3. The molecule has 0 fully saturated rings. The minimum absolute atomic E-state index is 0.671. The highest BCUT2D eigenvalue weighted by molar-refractivity contribution is 5.04. The van der Waals surface area contributed by atoms with Crippen molar-refractivity contribution in [2.75, 3.05) is 6.54 Å². The predicted octanol–water partition coefficient (Wildman–Crippen LogP) is 0.642. The average molecular weight is 97.1 g/mol. The van der Waals surface area contributed by atoms with Gasteiger partial charge in [0.25, 0.3) is 0 Å². The minimum Gasteiger partial charge on any atom is -0.330 e. The Morgan fingerprint density at radius 2 is 2.43 bits per heavy atom. The maximum absolute atomic E-state index is 5.20. The second-order valence-electron chi connectivity index (χ2n) is 1.37. The Hall–Kier alpha value is -0.700. The van der Waals surface area contributed by atoms with Crippen molar-refractivity contribution < 1.29 is 0 Å². The van der Waals surface area contributed by atoms with E-state index >= 15 is 0 Å². The molecule has 0 amide bonds. The first-order valence-corrected chi connectivity index (χ1v) is 2.23. The fourth-order valence-corrected chi connectivity index (χ4v) is 0.402. The van der Waals surface area contributed by atoms with E-state index in [0.29, 0.717) is 6.54 Å². The molecule has 0 aromatic carbocycles. The Labute approximate surface area is 41.9 Å². The maximum Gasteiger partial charge on any atom is 0.0844 e. The third-order valence-corrected chi connectivity index (χ3v) is 0.793. The molecular weight excluding hydrogens is 90.1 g/mol. The SMILES string of the molecule is NCCC1=CN=N1. The van der Waals surface area contributed by atoms with Crippen molar-refractivity contribution in [3.8, 4) is 0 Å². The Balaban J connectivity index is 2.17. The van der Waals surface area contributed by atoms with Crippen molar-refractivity contribution in [1.29, 1.82) is 0 Å². The first-order chi connectivity index (χ1) is 3.43. The van der Waals surface area contributed by atoms with Crippen molar-refractivity contribution in [3.05, 3.63) is 11.9 Å². The molecule has 1 heterocycles. The predicted molar refractivity (Wildman–Crippen MR) is 26.6 cm³/mol. The molecule has 0 aromatic rings. The third kappa shape index (κ3) is 0.838. The highest BCUT2D eigenvalue weighted by Crippen LogP contribution is 2.10. The van der Waals surface area contributed by atoms with E-state index in [1.165, 1.54) is 0 Å². The van der Waals surface area contributed by atoms with Crippen LogP contribution in [0.15, 0.2) is 22.1 Å². The first-order valence-electron chi connectivity index (χ1n) is 2.23. The lowest BCUT2D eigenvalue weighted by Crippen LogP contribution is -2.00. The monoisotopic (exact) mass is 97.1 g/mol. The molecule has 0 atom stereocenters. The molecule has 0 saturated carbocycles. The van der Waals surface area contributed by atoms with Crippen LogP contribution in [0.1, 0.15) is 6.42 Å². The largest absolute Gasteiger partial charge is 0.330 e. The van der Waals surface area contributed by atoms with Crippen LogP contribution in [0, 0.1) is 0 Å². The molecular formula is C4H7N3. The van der Waals surface area contributed by atoms with Gasteiger partial charge in [0.05, 0.1) is 11.9 Å². The highest BCUT2D eigenvalue weighted by Gasteiger charge is 1.96.